The minimum Gasteiger partial charge on any atom is -0.457 e. The van der Waals surface area contributed by atoms with Gasteiger partial charge in [-0.05, 0) is 48.4 Å². The number of thioether (sulfide) groups is 1. The van der Waals surface area contributed by atoms with E-state index in [9.17, 15) is 4.79 Å². The average Bonchev–Trinajstić information content (AvgIpc) is 2.88. The van der Waals surface area contributed by atoms with Crippen LogP contribution in [0.5, 0.6) is 11.5 Å². The van der Waals surface area contributed by atoms with Crippen molar-refractivity contribution in [1.82, 2.24) is 0 Å². The standard InChI is InChI=1S/C15H11BrO2S/c16-12-1-3-14(11(7-12)9-17)18-13-2-4-15-10(8-13)5-6-19-15/h1-4,7-9H,5-6H2. The lowest BCUT2D eigenvalue weighted by Crippen LogP contribution is -1.91. The third-order valence-electron chi connectivity index (χ3n) is 2.99. The van der Waals surface area contributed by atoms with Gasteiger partial charge in [-0.3, -0.25) is 4.79 Å². The lowest BCUT2D eigenvalue weighted by molar-refractivity contribution is 0.112. The van der Waals surface area contributed by atoms with E-state index >= 15 is 0 Å². The maximum absolute atomic E-state index is 11.1. The largest absolute Gasteiger partial charge is 0.457 e. The monoisotopic (exact) mass is 334 g/mol. The number of rotatable bonds is 3. The molecule has 0 spiro atoms. The summed E-state index contributed by atoms with van der Waals surface area (Å²) >= 11 is 5.22. The molecule has 2 aromatic rings. The molecule has 2 aromatic carbocycles. The van der Waals surface area contributed by atoms with E-state index in [0.717, 1.165) is 28.7 Å². The summed E-state index contributed by atoms with van der Waals surface area (Å²) in [5, 5.41) is 0. The summed E-state index contributed by atoms with van der Waals surface area (Å²) in [5.74, 6) is 2.51. The van der Waals surface area contributed by atoms with E-state index in [1.165, 1.54) is 10.5 Å². The summed E-state index contributed by atoms with van der Waals surface area (Å²) < 4.78 is 6.69. The normalized spacial score (nSPS) is 13.1. The van der Waals surface area contributed by atoms with Crippen molar-refractivity contribution in [3.8, 4) is 11.5 Å². The lowest BCUT2D eigenvalue weighted by atomic mass is 10.1. The topological polar surface area (TPSA) is 26.3 Å². The van der Waals surface area contributed by atoms with Crippen molar-refractivity contribution in [2.24, 2.45) is 0 Å². The van der Waals surface area contributed by atoms with Gasteiger partial charge < -0.3 is 4.74 Å². The Labute approximate surface area is 124 Å². The predicted octanol–water partition coefficient (Wildman–Crippen LogP) is 4.70. The van der Waals surface area contributed by atoms with Gasteiger partial charge in [0.25, 0.3) is 0 Å². The molecule has 0 N–H and O–H groups in total. The summed E-state index contributed by atoms with van der Waals surface area (Å²) in [6.07, 6.45) is 1.89. The molecule has 2 nitrogen and oxygen atoms in total. The van der Waals surface area contributed by atoms with Crippen molar-refractivity contribution in [3.05, 3.63) is 52.0 Å². The quantitative estimate of drug-likeness (QED) is 0.761. The minimum atomic E-state index is 0.546. The van der Waals surface area contributed by atoms with E-state index in [0.29, 0.717) is 11.3 Å². The molecule has 0 fully saturated rings. The molecular formula is C15H11BrO2S. The van der Waals surface area contributed by atoms with Gasteiger partial charge in [0.15, 0.2) is 6.29 Å². The van der Waals surface area contributed by atoms with E-state index < -0.39 is 0 Å². The summed E-state index contributed by atoms with van der Waals surface area (Å²) in [7, 11) is 0. The van der Waals surface area contributed by atoms with Crippen LogP contribution in [-0.4, -0.2) is 12.0 Å². The predicted molar refractivity (Wildman–Crippen MR) is 80.5 cm³/mol. The number of fused-ring (bicyclic) bond motifs is 1. The highest BCUT2D eigenvalue weighted by Gasteiger charge is 2.13. The van der Waals surface area contributed by atoms with Crippen LogP contribution >= 0.6 is 27.7 Å². The number of aryl methyl sites for hydroxylation is 1. The highest BCUT2D eigenvalue weighted by Crippen LogP contribution is 2.35. The Bertz CT molecular complexity index is 640. The SMILES string of the molecule is O=Cc1cc(Br)ccc1Oc1ccc2c(c1)CCS2. The number of benzene rings is 2. The molecule has 0 atom stereocenters. The number of aldehydes is 1. The molecular weight excluding hydrogens is 324 g/mol. The van der Waals surface area contributed by atoms with Crippen LogP contribution < -0.4 is 4.74 Å². The van der Waals surface area contributed by atoms with Crippen molar-refractivity contribution >= 4 is 34.0 Å². The summed E-state index contributed by atoms with van der Waals surface area (Å²) in [6.45, 7) is 0. The molecule has 4 heteroatoms. The average molecular weight is 335 g/mol. The number of hydrogen-bond donors (Lipinski definition) is 0. The molecule has 1 aliphatic heterocycles. The van der Waals surface area contributed by atoms with Crippen molar-refractivity contribution in [1.29, 1.82) is 0 Å². The fraction of sp³-hybridized carbons (Fsp3) is 0.133. The molecule has 0 unspecified atom stereocenters. The Balaban J connectivity index is 1.91. The fourth-order valence-electron chi connectivity index (χ4n) is 2.06. The van der Waals surface area contributed by atoms with Crippen molar-refractivity contribution in [3.63, 3.8) is 0 Å². The molecule has 0 bridgehead atoms. The smallest absolute Gasteiger partial charge is 0.153 e. The molecule has 3 rings (SSSR count). The van der Waals surface area contributed by atoms with Gasteiger partial charge in [-0.15, -0.1) is 11.8 Å². The van der Waals surface area contributed by atoms with Crippen LogP contribution in [0.1, 0.15) is 15.9 Å². The van der Waals surface area contributed by atoms with Gasteiger partial charge in [0.05, 0.1) is 5.56 Å². The first-order valence-corrected chi connectivity index (χ1v) is 7.72. The first kappa shape index (κ1) is 12.8. The van der Waals surface area contributed by atoms with E-state index in [-0.39, 0.29) is 0 Å². The van der Waals surface area contributed by atoms with Gasteiger partial charge in [-0.1, -0.05) is 15.9 Å². The first-order chi connectivity index (χ1) is 9.26. The Hall–Kier alpha value is -1.26. The fourth-order valence-corrected chi connectivity index (χ4v) is 3.49. The molecule has 0 saturated heterocycles. The third-order valence-corrected chi connectivity index (χ3v) is 4.60. The maximum Gasteiger partial charge on any atom is 0.153 e. The number of carbonyl (C=O) groups is 1. The second-order valence-corrected chi connectivity index (χ2v) is 6.32. The van der Waals surface area contributed by atoms with E-state index in [1.54, 1.807) is 12.1 Å². The van der Waals surface area contributed by atoms with E-state index in [1.807, 2.05) is 23.9 Å². The molecule has 0 aliphatic carbocycles. The Morgan fingerprint density at radius 2 is 2.11 bits per heavy atom. The van der Waals surface area contributed by atoms with Crippen LogP contribution in [0.25, 0.3) is 0 Å². The molecule has 0 amide bonds. The molecule has 1 heterocycles. The number of ether oxygens (including phenoxy) is 1. The van der Waals surface area contributed by atoms with Gasteiger partial charge >= 0.3 is 0 Å². The van der Waals surface area contributed by atoms with Crippen LogP contribution in [0.4, 0.5) is 0 Å². The highest BCUT2D eigenvalue weighted by atomic mass is 79.9. The lowest BCUT2D eigenvalue weighted by Gasteiger charge is -2.09. The Kier molecular flexibility index (Phi) is 3.62. The molecule has 0 radical (unpaired) electrons. The number of hydrogen-bond acceptors (Lipinski definition) is 3. The van der Waals surface area contributed by atoms with Crippen molar-refractivity contribution in [2.75, 3.05) is 5.75 Å². The van der Waals surface area contributed by atoms with E-state index in [2.05, 4.69) is 28.1 Å². The van der Waals surface area contributed by atoms with Crippen LogP contribution in [0.2, 0.25) is 0 Å². The van der Waals surface area contributed by atoms with Gasteiger partial charge in [0.1, 0.15) is 11.5 Å². The summed E-state index contributed by atoms with van der Waals surface area (Å²) in [5.41, 5.74) is 1.87. The Morgan fingerprint density at radius 1 is 1.21 bits per heavy atom. The number of halogens is 1. The minimum absolute atomic E-state index is 0.546. The second kappa shape index (κ2) is 5.39. The van der Waals surface area contributed by atoms with Crippen LogP contribution in [0.3, 0.4) is 0 Å². The van der Waals surface area contributed by atoms with Gasteiger partial charge in [-0.25, -0.2) is 0 Å². The molecule has 0 aromatic heterocycles. The van der Waals surface area contributed by atoms with Crippen molar-refractivity contribution in [2.45, 2.75) is 11.3 Å². The molecule has 19 heavy (non-hydrogen) atoms. The summed E-state index contributed by atoms with van der Waals surface area (Å²) in [4.78, 5) is 12.4. The first-order valence-electron chi connectivity index (χ1n) is 5.94. The van der Waals surface area contributed by atoms with Crippen LogP contribution in [0.15, 0.2) is 45.8 Å². The zero-order valence-electron chi connectivity index (χ0n) is 10.1. The van der Waals surface area contributed by atoms with Crippen LogP contribution in [0, 0.1) is 0 Å². The second-order valence-electron chi connectivity index (χ2n) is 4.27. The zero-order chi connectivity index (χ0) is 13.2. The van der Waals surface area contributed by atoms with E-state index in [4.69, 9.17) is 4.74 Å². The van der Waals surface area contributed by atoms with Gasteiger partial charge in [0.2, 0.25) is 0 Å². The molecule has 0 saturated carbocycles. The molecule has 1 aliphatic rings. The number of carbonyl (C=O) groups excluding carboxylic acids is 1. The maximum atomic E-state index is 11.1. The van der Waals surface area contributed by atoms with Gasteiger partial charge in [-0.2, -0.15) is 0 Å². The van der Waals surface area contributed by atoms with Crippen molar-refractivity contribution < 1.29 is 9.53 Å². The highest BCUT2D eigenvalue weighted by molar-refractivity contribution is 9.10. The Morgan fingerprint density at radius 3 is 2.95 bits per heavy atom. The summed E-state index contributed by atoms with van der Waals surface area (Å²) in [6, 6.07) is 11.5. The third kappa shape index (κ3) is 2.69. The van der Waals surface area contributed by atoms with Gasteiger partial charge in [0, 0.05) is 15.1 Å². The zero-order valence-corrected chi connectivity index (χ0v) is 12.5. The van der Waals surface area contributed by atoms with Crippen LogP contribution in [-0.2, 0) is 6.42 Å². The molecule has 96 valence electrons.